The van der Waals surface area contributed by atoms with Gasteiger partial charge in [0.25, 0.3) is 11.2 Å². The van der Waals surface area contributed by atoms with Crippen molar-refractivity contribution in [2.45, 2.75) is 39.8 Å². The molecule has 1 aliphatic rings. The Morgan fingerprint density at radius 1 is 1.02 bits per heavy atom. The summed E-state index contributed by atoms with van der Waals surface area (Å²) >= 11 is 1.08. The number of methoxy groups -OCH3 is 1. The highest BCUT2D eigenvalue weighted by atomic mass is 32.1. The minimum atomic E-state index is -0.918. The molecule has 248 valence electrons. The third kappa shape index (κ3) is 6.66. The van der Waals surface area contributed by atoms with Crippen LogP contribution >= 0.6 is 11.3 Å². The predicted octanol–water partition coefficient (Wildman–Crippen LogP) is 5.20. The molecule has 0 spiro atoms. The molecule has 0 saturated carbocycles. The maximum atomic E-state index is 14.2. The molecule has 0 bridgehead atoms. The van der Waals surface area contributed by atoms with Crippen LogP contribution in [0.1, 0.15) is 44.9 Å². The van der Waals surface area contributed by atoms with Crippen LogP contribution in [0.2, 0.25) is 0 Å². The Hall–Kier alpha value is -5.83. The maximum Gasteiger partial charge on any atom is 0.338 e. The van der Waals surface area contributed by atoms with E-state index in [0.717, 1.165) is 29.5 Å². The minimum Gasteiger partial charge on any atom is -0.493 e. The van der Waals surface area contributed by atoms with Crippen LogP contribution in [-0.2, 0) is 9.53 Å². The Bertz CT molecular complexity index is 2150. The zero-order chi connectivity index (χ0) is 34.7. The molecule has 4 aromatic rings. The number of carbonyl (C=O) groups is 1. The van der Waals surface area contributed by atoms with Crippen molar-refractivity contribution >= 4 is 34.8 Å². The van der Waals surface area contributed by atoms with E-state index in [9.17, 15) is 29.8 Å². The SMILES string of the molecule is CCOC(=O)C1=C(C)N=c2s/c(=C\c3ccccc3Oc3ccc([N+](=O)[O-])cc3[N+](=O)[O-])c(=O)n2[C@@H]1c1ccc(OC(C)C)c(OC)c1. The molecule has 0 aliphatic carbocycles. The Labute approximate surface area is 277 Å². The molecule has 0 amide bonds. The lowest BCUT2D eigenvalue weighted by molar-refractivity contribution is -0.394. The molecule has 15 heteroatoms. The Kier molecular flexibility index (Phi) is 9.70. The molecule has 1 atom stereocenters. The number of fused-ring (bicyclic) bond motifs is 1. The van der Waals surface area contributed by atoms with Crippen LogP contribution in [0.15, 0.2) is 81.7 Å². The van der Waals surface area contributed by atoms with E-state index in [4.69, 9.17) is 18.9 Å². The number of benzene rings is 3. The first-order valence-corrected chi connectivity index (χ1v) is 15.5. The molecule has 14 nitrogen and oxygen atoms in total. The molecule has 5 rings (SSSR count). The van der Waals surface area contributed by atoms with E-state index in [2.05, 4.69) is 4.99 Å². The number of rotatable bonds is 11. The lowest BCUT2D eigenvalue weighted by Gasteiger charge is -2.25. The number of ether oxygens (including phenoxy) is 4. The molecule has 0 unspecified atom stereocenters. The van der Waals surface area contributed by atoms with E-state index < -0.39 is 38.8 Å². The standard InChI is InChI=1S/C33H30N4O10S/c1-6-45-32(39)29-19(4)34-33-35(30(29)21-11-13-26(46-18(2)3)27(15-21)44-5)31(38)28(48-33)16-20-9-7-8-10-24(20)47-25-14-12-22(36(40)41)17-23(25)37(42)43/h7-18,30H,6H2,1-5H3/b28-16-/t30-/m1/s1. The number of esters is 1. The fourth-order valence-corrected chi connectivity index (χ4v) is 6.15. The monoisotopic (exact) mass is 674 g/mol. The largest absolute Gasteiger partial charge is 0.493 e. The lowest BCUT2D eigenvalue weighted by Crippen LogP contribution is -2.40. The first-order valence-electron chi connectivity index (χ1n) is 14.7. The van der Waals surface area contributed by atoms with Gasteiger partial charge in [-0.1, -0.05) is 35.6 Å². The molecule has 1 aromatic heterocycles. The Morgan fingerprint density at radius 3 is 2.42 bits per heavy atom. The maximum absolute atomic E-state index is 14.2. The van der Waals surface area contributed by atoms with Gasteiger partial charge in [-0.3, -0.25) is 29.6 Å². The van der Waals surface area contributed by atoms with Gasteiger partial charge in [-0.25, -0.2) is 9.79 Å². The molecule has 2 heterocycles. The summed E-state index contributed by atoms with van der Waals surface area (Å²) in [7, 11) is 1.50. The smallest absolute Gasteiger partial charge is 0.338 e. The number of hydrogen-bond donors (Lipinski definition) is 0. The molecule has 48 heavy (non-hydrogen) atoms. The van der Waals surface area contributed by atoms with Crippen LogP contribution in [0, 0.1) is 20.2 Å². The van der Waals surface area contributed by atoms with Crippen LogP contribution < -0.4 is 29.1 Å². The number of nitro groups is 2. The second kappa shape index (κ2) is 13.9. The number of nitro benzene ring substituents is 2. The van der Waals surface area contributed by atoms with Gasteiger partial charge < -0.3 is 18.9 Å². The number of carbonyl (C=O) groups excluding carboxylic acids is 1. The number of non-ortho nitro benzene ring substituents is 1. The quantitative estimate of drug-likeness (QED) is 0.117. The van der Waals surface area contributed by atoms with Gasteiger partial charge in [0.05, 0.1) is 57.6 Å². The second-order valence-electron chi connectivity index (χ2n) is 10.7. The molecule has 0 saturated heterocycles. The van der Waals surface area contributed by atoms with Gasteiger partial charge in [-0.15, -0.1) is 0 Å². The predicted molar refractivity (Wildman–Crippen MR) is 175 cm³/mol. The van der Waals surface area contributed by atoms with Gasteiger partial charge in [0, 0.05) is 11.6 Å². The second-order valence-corrected chi connectivity index (χ2v) is 11.7. The van der Waals surface area contributed by atoms with E-state index in [1.54, 1.807) is 62.4 Å². The number of hydrogen-bond acceptors (Lipinski definition) is 12. The molecular formula is C33H30N4O10S. The van der Waals surface area contributed by atoms with Gasteiger partial charge in [-0.05, 0) is 63.6 Å². The van der Waals surface area contributed by atoms with Crippen molar-refractivity contribution in [2.75, 3.05) is 13.7 Å². The van der Waals surface area contributed by atoms with Crippen molar-refractivity contribution < 1.29 is 33.6 Å². The molecular weight excluding hydrogens is 644 g/mol. The van der Waals surface area contributed by atoms with E-state index in [1.807, 2.05) is 13.8 Å². The molecule has 0 radical (unpaired) electrons. The summed E-state index contributed by atoms with van der Waals surface area (Å²) in [6.07, 6.45) is 1.43. The van der Waals surface area contributed by atoms with Gasteiger partial charge in [0.2, 0.25) is 5.75 Å². The summed E-state index contributed by atoms with van der Waals surface area (Å²) in [6, 6.07) is 13.8. The van der Waals surface area contributed by atoms with E-state index in [0.29, 0.717) is 33.1 Å². The van der Waals surface area contributed by atoms with Crippen molar-refractivity contribution in [2.24, 2.45) is 4.99 Å². The Balaban J connectivity index is 1.65. The van der Waals surface area contributed by atoms with Crippen molar-refractivity contribution in [1.82, 2.24) is 4.57 Å². The highest BCUT2D eigenvalue weighted by Crippen LogP contribution is 2.38. The number of aromatic nitrogens is 1. The fourth-order valence-electron chi connectivity index (χ4n) is 5.11. The van der Waals surface area contributed by atoms with Crippen LogP contribution in [0.25, 0.3) is 6.08 Å². The summed E-state index contributed by atoms with van der Waals surface area (Å²) < 4.78 is 24.4. The zero-order valence-electron chi connectivity index (χ0n) is 26.5. The number of thiazole rings is 1. The van der Waals surface area contributed by atoms with Gasteiger partial charge in [0.15, 0.2) is 16.3 Å². The number of para-hydroxylation sites is 1. The van der Waals surface area contributed by atoms with E-state index in [-0.39, 0.29) is 34.3 Å². The fraction of sp³-hybridized carbons (Fsp3) is 0.242. The van der Waals surface area contributed by atoms with Crippen molar-refractivity contribution in [3.8, 4) is 23.0 Å². The number of allylic oxidation sites excluding steroid dienone is 1. The molecule has 0 N–H and O–H groups in total. The number of nitrogens with zero attached hydrogens (tertiary/aromatic N) is 4. The summed E-state index contributed by atoms with van der Waals surface area (Å²) in [6.45, 7) is 7.23. The third-order valence-electron chi connectivity index (χ3n) is 7.16. The normalized spacial score (nSPS) is 14.3. The van der Waals surface area contributed by atoms with E-state index in [1.165, 1.54) is 11.7 Å². The summed E-state index contributed by atoms with van der Waals surface area (Å²) in [4.78, 5) is 53.8. The van der Waals surface area contributed by atoms with Crippen LogP contribution in [-0.4, -0.2) is 40.2 Å². The zero-order valence-corrected chi connectivity index (χ0v) is 27.3. The highest BCUT2D eigenvalue weighted by Gasteiger charge is 2.34. The van der Waals surface area contributed by atoms with Crippen molar-refractivity contribution in [3.05, 3.63) is 123 Å². The van der Waals surface area contributed by atoms with Crippen LogP contribution in [0.3, 0.4) is 0 Å². The first-order chi connectivity index (χ1) is 22.9. The van der Waals surface area contributed by atoms with Gasteiger partial charge in [0.1, 0.15) is 5.75 Å². The van der Waals surface area contributed by atoms with E-state index >= 15 is 0 Å². The van der Waals surface area contributed by atoms with Crippen molar-refractivity contribution in [1.29, 1.82) is 0 Å². The highest BCUT2D eigenvalue weighted by molar-refractivity contribution is 7.07. The lowest BCUT2D eigenvalue weighted by atomic mass is 9.95. The average molecular weight is 675 g/mol. The molecule has 3 aromatic carbocycles. The average Bonchev–Trinajstić information content (AvgIpc) is 3.34. The summed E-state index contributed by atoms with van der Waals surface area (Å²) in [5.74, 6) is 0.217. The third-order valence-corrected chi connectivity index (χ3v) is 8.14. The molecule has 0 fully saturated rings. The molecule has 1 aliphatic heterocycles. The Morgan fingerprint density at radius 2 is 1.75 bits per heavy atom. The van der Waals surface area contributed by atoms with Crippen LogP contribution in [0.5, 0.6) is 23.0 Å². The van der Waals surface area contributed by atoms with Gasteiger partial charge in [-0.2, -0.15) is 0 Å². The topological polar surface area (TPSA) is 175 Å². The summed E-state index contributed by atoms with van der Waals surface area (Å²) in [5, 5.41) is 22.9. The van der Waals surface area contributed by atoms with Gasteiger partial charge >= 0.3 is 11.7 Å². The first kappa shape index (κ1) is 33.5. The minimum absolute atomic E-state index is 0.112. The van der Waals surface area contributed by atoms with Crippen molar-refractivity contribution in [3.63, 3.8) is 0 Å². The summed E-state index contributed by atoms with van der Waals surface area (Å²) in [5.41, 5.74) is -0.00901. The van der Waals surface area contributed by atoms with Crippen LogP contribution in [0.4, 0.5) is 11.4 Å².